The molecular weight excluding hydrogens is 377 g/mol. The summed E-state index contributed by atoms with van der Waals surface area (Å²) >= 11 is 12.0. The van der Waals surface area contributed by atoms with E-state index in [4.69, 9.17) is 27.9 Å². The van der Waals surface area contributed by atoms with E-state index in [1.54, 1.807) is 42.5 Å². The van der Waals surface area contributed by atoms with Gasteiger partial charge in [-0.15, -0.1) is 5.10 Å². The highest BCUT2D eigenvalue weighted by molar-refractivity contribution is 6.36. The number of rotatable bonds is 5. The van der Waals surface area contributed by atoms with E-state index in [1.165, 1.54) is 13.3 Å². The zero-order valence-electron chi connectivity index (χ0n) is 13.5. The third-order valence-corrected chi connectivity index (χ3v) is 3.88. The van der Waals surface area contributed by atoms with Gasteiger partial charge in [-0.1, -0.05) is 35.3 Å². The first-order chi connectivity index (χ1) is 12.6. The highest BCUT2D eigenvalue weighted by atomic mass is 35.5. The SMILES string of the molecule is COC(=O)c1ccccc1Nc1nncc(Nc2ccc(Cl)cc2Cl)n1. The molecular formula is C17H13Cl2N5O2. The summed E-state index contributed by atoms with van der Waals surface area (Å²) in [6.07, 6.45) is 1.45. The second kappa shape index (κ2) is 7.99. The van der Waals surface area contributed by atoms with E-state index in [2.05, 4.69) is 25.8 Å². The van der Waals surface area contributed by atoms with Crippen LogP contribution < -0.4 is 10.6 Å². The number of benzene rings is 2. The predicted molar refractivity (Wildman–Crippen MR) is 101 cm³/mol. The Morgan fingerprint density at radius 2 is 1.88 bits per heavy atom. The lowest BCUT2D eigenvalue weighted by Crippen LogP contribution is -2.08. The van der Waals surface area contributed by atoms with Crippen molar-refractivity contribution in [3.8, 4) is 0 Å². The first-order valence-corrected chi connectivity index (χ1v) is 8.18. The molecule has 0 atom stereocenters. The number of nitrogens with zero attached hydrogens (tertiary/aromatic N) is 3. The molecule has 0 aliphatic carbocycles. The Labute approximate surface area is 159 Å². The summed E-state index contributed by atoms with van der Waals surface area (Å²) in [6.45, 7) is 0. The van der Waals surface area contributed by atoms with Gasteiger partial charge in [-0.3, -0.25) is 0 Å². The lowest BCUT2D eigenvalue weighted by molar-refractivity contribution is 0.0602. The molecule has 0 bridgehead atoms. The smallest absolute Gasteiger partial charge is 0.339 e. The van der Waals surface area contributed by atoms with Gasteiger partial charge in [-0.25, -0.2) is 4.79 Å². The molecule has 0 radical (unpaired) electrons. The Morgan fingerprint density at radius 3 is 2.65 bits per heavy atom. The first-order valence-electron chi connectivity index (χ1n) is 7.43. The van der Waals surface area contributed by atoms with Crippen LogP contribution in [-0.4, -0.2) is 28.3 Å². The number of para-hydroxylation sites is 1. The first kappa shape index (κ1) is 17.9. The van der Waals surface area contributed by atoms with Gasteiger partial charge in [0.1, 0.15) is 0 Å². The van der Waals surface area contributed by atoms with E-state index in [0.717, 1.165) is 0 Å². The van der Waals surface area contributed by atoms with Gasteiger partial charge in [-0.2, -0.15) is 10.1 Å². The molecule has 3 rings (SSSR count). The summed E-state index contributed by atoms with van der Waals surface area (Å²) in [5.41, 5.74) is 1.48. The molecule has 9 heteroatoms. The van der Waals surface area contributed by atoms with Crippen LogP contribution >= 0.6 is 23.2 Å². The van der Waals surface area contributed by atoms with Crippen molar-refractivity contribution in [1.82, 2.24) is 15.2 Å². The number of carbonyl (C=O) groups is 1. The third kappa shape index (κ3) is 4.19. The lowest BCUT2D eigenvalue weighted by Gasteiger charge is -2.11. The van der Waals surface area contributed by atoms with Crippen LogP contribution in [-0.2, 0) is 4.74 Å². The van der Waals surface area contributed by atoms with Gasteiger partial charge in [0, 0.05) is 5.02 Å². The second-order valence-corrected chi connectivity index (χ2v) is 5.92. The Bertz CT molecular complexity index is 952. The molecule has 2 aromatic carbocycles. The van der Waals surface area contributed by atoms with Crippen LogP contribution in [0.3, 0.4) is 0 Å². The number of methoxy groups -OCH3 is 1. The van der Waals surface area contributed by atoms with Crippen LogP contribution in [0.1, 0.15) is 10.4 Å². The molecule has 7 nitrogen and oxygen atoms in total. The summed E-state index contributed by atoms with van der Waals surface area (Å²) < 4.78 is 4.77. The second-order valence-electron chi connectivity index (χ2n) is 5.08. The number of hydrogen-bond acceptors (Lipinski definition) is 7. The maximum absolute atomic E-state index is 11.8. The molecule has 0 amide bonds. The third-order valence-electron chi connectivity index (χ3n) is 3.33. The monoisotopic (exact) mass is 389 g/mol. The van der Waals surface area contributed by atoms with Crippen LogP contribution in [0, 0.1) is 0 Å². The van der Waals surface area contributed by atoms with Gasteiger partial charge in [-0.05, 0) is 30.3 Å². The molecule has 0 spiro atoms. The van der Waals surface area contributed by atoms with E-state index >= 15 is 0 Å². The van der Waals surface area contributed by atoms with Crippen LogP contribution in [0.5, 0.6) is 0 Å². The molecule has 0 aliphatic rings. The van der Waals surface area contributed by atoms with Crippen molar-refractivity contribution in [1.29, 1.82) is 0 Å². The average Bonchev–Trinajstić information content (AvgIpc) is 2.64. The fourth-order valence-electron chi connectivity index (χ4n) is 2.15. The van der Waals surface area contributed by atoms with Crippen LogP contribution in [0.25, 0.3) is 0 Å². The molecule has 0 unspecified atom stereocenters. The fourth-order valence-corrected chi connectivity index (χ4v) is 2.60. The van der Waals surface area contributed by atoms with Gasteiger partial charge in [0.15, 0.2) is 5.82 Å². The lowest BCUT2D eigenvalue weighted by atomic mass is 10.2. The van der Waals surface area contributed by atoms with Crippen molar-refractivity contribution in [3.05, 3.63) is 64.3 Å². The average molecular weight is 390 g/mol. The van der Waals surface area contributed by atoms with Gasteiger partial charge < -0.3 is 15.4 Å². The maximum Gasteiger partial charge on any atom is 0.339 e. The Balaban J connectivity index is 1.83. The number of halogens is 2. The van der Waals surface area contributed by atoms with Crippen molar-refractivity contribution in [2.45, 2.75) is 0 Å². The fraction of sp³-hybridized carbons (Fsp3) is 0.0588. The van der Waals surface area contributed by atoms with Crippen LogP contribution in [0.4, 0.5) is 23.1 Å². The Hall–Kier alpha value is -2.90. The van der Waals surface area contributed by atoms with E-state index in [0.29, 0.717) is 32.8 Å². The molecule has 0 saturated carbocycles. The van der Waals surface area contributed by atoms with E-state index < -0.39 is 5.97 Å². The zero-order chi connectivity index (χ0) is 18.5. The predicted octanol–water partition coefficient (Wildman–Crippen LogP) is 4.45. The minimum absolute atomic E-state index is 0.205. The van der Waals surface area contributed by atoms with Crippen molar-refractivity contribution >= 4 is 52.3 Å². The summed E-state index contributed by atoms with van der Waals surface area (Å²) in [7, 11) is 1.32. The van der Waals surface area contributed by atoms with Gasteiger partial charge in [0.2, 0.25) is 5.95 Å². The quantitative estimate of drug-likeness (QED) is 0.622. The molecule has 3 aromatic rings. The van der Waals surface area contributed by atoms with E-state index in [-0.39, 0.29) is 5.95 Å². The maximum atomic E-state index is 11.8. The normalized spacial score (nSPS) is 10.3. The van der Waals surface area contributed by atoms with Crippen molar-refractivity contribution < 1.29 is 9.53 Å². The number of carbonyl (C=O) groups excluding carboxylic acids is 1. The highest BCUT2D eigenvalue weighted by Gasteiger charge is 2.12. The number of ether oxygens (including phenoxy) is 1. The molecule has 26 heavy (non-hydrogen) atoms. The Morgan fingerprint density at radius 1 is 1.08 bits per heavy atom. The van der Waals surface area contributed by atoms with E-state index in [9.17, 15) is 4.79 Å². The zero-order valence-corrected chi connectivity index (χ0v) is 15.0. The highest BCUT2D eigenvalue weighted by Crippen LogP contribution is 2.28. The number of nitrogens with one attached hydrogen (secondary N) is 2. The van der Waals surface area contributed by atoms with Gasteiger partial charge >= 0.3 is 5.97 Å². The molecule has 2 N–H and O–H groups in total. The van der Waals surface area contributed by atoms with Crippen molar-refractivity contribution in [2.24, 2.45) is 0 Å². The molecule has 1 aromatic heterocycles. The number of aromatic nitrogens is 3. The van der Waals surface area contributed by atoms with Gasteiger partial charge in [0.05, 0.1) is 35.3 Å². The topological polar surface area (TPSA) is 89.0 Å². The standard InChI is InChI=1S/C17H13Cl2N5O2/c1-26-16(25)11-4-2-3-5-13(11)22-17-23-15(9-20-24-17)21-14-7-6-10(18)8-12(14)19/h2-9H,1H3,(H2,21,22,23,24). The summed E-state index contributed by atoms with van der Waals surface area (Å²) in [5.74, 6) is 0.155. The summed E-state index contributed by atoms with van der Waals surface area (Å²) in [5, 5.41) is 14.8. The van der Waals surface area contributed by atoms with Crippen LogP contribution in [0.2, 0.25) is 10.0 Å². The number of hydrogen-bond donors (Lipinski definition) is 2. The van der Waals surface area contributed by atoms with Crippen molar-refractivity contribution in [2.75, 3.05) is 17.7 Å². The molecule has 1 heterocycles. The molecule has 0 aliphatic heterocycles. The number of esters is 1. The molecule has 0 saturated heterocycles. The van der Waals surface area contributed by atoms with E-state index in [1.807, 2.05) is 0 Å². The number of anilines is 4. The minimum atomic E-state index is -0.469. The largest absolute Gasteiger partial charge is 0.465 e. The summed E-state index contributed by atoms with van der Waals surface area (Å²) in [4.78, 5) is 16.2. The minimum Gasteiger partial charge on any atom is -0.465 e. The summed E-state index contributed by atoms with van der Waals surface area (Å²) in [6, 6.07) is 11.9. The molecule has 0 fully saturated rings. The van der Waals surface area contributed by atoms with Crippen LogP contribution in [0.15, 0.2) is 48.7 Å². The van der Waals surface area contributed by atoms with Crippen molar-refractivity contribution in [3.63, 3.8) is 0 Å². The molecule has 132 valence electrons. The van der Waals surface area contributed by atoms with Gasteiger partial charge in [0.25, 0.3) is 0 Å². The Kier molecular flexibility index (Phi) is 5.50.